The third-order valence-corrected chi connectivity index (χ3v) is 0.635. The third kappa shape index (κ3) is 3.51. The zero-order valence-electron chi connectivity index (χ0n) is 4.51. The molecule has 0 fully saturated rings. The maximum Gasteiger partial charge on any atom is 0.201 e. The molecule has 0 aliphatic carbocycles. The van der Waals surface area contributed by atoms with E-state index in [9.17, 15) is 0 Å². The lowest BCUT2D eigenvalue weighted by Gasteiger charge is -1.96. The molecule has 0 aromatic rings. The van der Waals surface area contributed by atoms with Crippen LogP contribution in [-0.2, 0) is 0 Å². The fourth-order valence-electron chi connectivity index (χ4n) is 0.155. The van der Waals surface area contributed by atoms with Gasteiger partial charge in [0.1, 0.15) is 0 Å². The molecule has 0 atom stereocenters. The molecule has 0 aliphatic rings. The number of thiocarbonyl (C=S) groups is 1. The molecular formula is C3H8N4S. The van der Waals surface area contributed by atoms with E-state index < -0.39 is 0 Å². The molecule has 0 spiro atoms. The number of hydrazone groups is 1. The van der Waals surface area contributed by atoms with Crippen LogP contribution < -0.4 is 16.7 Å². The number of rotatable bonds is 1. The second kappa shape index (κ2) is 4.48. The van der Waals surface area contributed by atoms with Crippen LogP contribution in [0.2, 0.25) is 0 Å². The Bertz CT molecular complexity index is 99.5. The monoisotopic (exact) mass is 132 g/mol. The topological polar surface area (TPSA) is 62.4 Å². The lowest BCUT2D eigenvalue weighted by atomic mass is 10.9. The van der Waals surface area contributed by atoms with Gasteiger partial charge in [0.05, 0.1) is 0 Å². The molecule has 4 nitrogen and oxygen atoms in total. The van der Waals surface area contributed by atoms with Gasteiger partial charge in [-0.3, -0.25) is 10.9 Å². The highest BCUT2D eigenvalue weighted by Gasteiger charge is 1.80. The van der Waals surface area contributed by atoms with Crippen LogP contribution >= 0.6 is 12.2 Å². The maximum atomic E-state index is 4.89. The van der Waals surface area contributed by atoms with Crippen molar-refractivity contribution in [1.82, 2.24) is 10.9 Å². The van der Waals surface area contributed by atoms with E-state index in [-0.39, 0.29) is 0 Å². The fraction of sp³-hybridized carbons (Fsp3) is 0.333. The minimum Gasteiger partial charge on any atom is -0.300 e. The molecule has 5 heteroatoms. The van der Waals surface area contributed by atoms with Gasteiger partial charge in [-0.05, 0) is 19.1 Å². The molecule has 0 saturated heterocycles. The Morgan fingerprint density at radius 1 is 1.88 bits per heavy atom. The predicted octanol–water partition coefficient (Wildman–Crippen LogP) is -0.670. The molecule has 0 radical (unpaired) electrons. The summed E-state index contributed by atoms with van der Waals surface area (Å²) in [6.07, 6.45) is 1.57. The van der Waals surface area contributed by atoms with E-state index in [1.807, 2.05) is 0 Å². The Balaban J connectivity index is 3.25. The molecule has 8 heavy (non-hydrogen) atoms. The Morgan fingerprint density at radius 3 is 2.88 bits per heavy atom. The summed E-state index contributed by atoms with van der Waals surface area (Å²) in [7, 11) is 0. The van der Waals surface area contributed by atoms with Crippen molar-refractivity contribution in [2.24, 2.45) is 10.9 Å². The van der Waals surface area contributed by atoms with Gasteiger partial charge in [-0.2, -0.15) is 5.10 Å². The van der Waals surface area contributed by atoms with Crippen LogP contribution in [0.3, 0.4) is 0 Å². The molecule has 46 valence electrons. The van der Waals surface area contributed by atoms with E-state index in [0.717, 1.165) is 0 Å². The first-order valence-corrected chi connectivity index (χ1v) is 2.46. The van der Waals surface area contributed by atoms with Gasteiger partial charge in [0.15, 0.2) is 0 Å². The number of hydrazine groups is 1. The van der Waals surface area contributed by atoms with E-state index in [2.05, 4.69) is 28.2 Å². The van der Waals surface area contributed by atoms with Crippen LogP contribution in [0, 0.1) is 0 Å². The molecule has 0 rings (SSSR count). The van der Waals surface area contributed by atoms with E-state index in [0.29, 0.717) is 5.11 Å². The second-order valence-corrected chi connectivity index (χ2v) is 1.38. The second-order valence-electron chi connectivity index (χ2n) is 0.973. The van der Waals surface area contributed by atoms with Gasteiger partial charge in [0, 0.05) is 6.21 Å². The molecule has 0 amide bonds. The summed E-state index contributed by atoms with van der Waals surface area (Å²) in [6, 6.07) is 0. The van der Waals surface area contributed by atoms with Gasteiger partial charge in [0.25, 0.3) is 0 Å². The highest BCUT2D eigenvalue weighted by Crippen LogP contribution is 1.58. The number of nitrogens with two attached hydrogens (primary N) is 1. The van der Waals surface area contributed by atoms with Gasteiger partial charge in [0.2, 0.25) is 5.11 Å². The third-order valence-electron chi connectivity index (χ3n) is 0.426. The van der Waals surface area contributed by atoms with E-state index in [1.54, 1.807) is 13.1 Å². The minimum absolute atomic E-state index is 0.308. The normalized spacial score (nSPS) is 9.25. The van der Waals surface area contributed by atoms with E-state index in [4.69, 9.17) is 5.84 Å². The maximum absolute atomic E-state index is 4.89. The Hall–Kier alpha value is -0.680. The summed E-state index contributed by atoms with van der Waals surface area (Å²) in [6.45, 7) is 1.77. The van der Waals surface area contributed by atoms with Crippen LogP contribution in [0.4, 0.5) is 0 Å². The van der Waals surface area contributed by atoms with Crippen molar-refractivity contribution in [3.63, 3.8) is 0 Å². The van der Waals surface area contributed by atoms with Crippen molar-refractivity contribution < 1.29 is 0 Å². The van der Waals surface area contributed by atoms with Crippen molar-refractivity contribution >= 4 is 23.5 Å². The molecule has 0 aliphatic heterocycles. The zero-order chi connectivity index (χ0) is 6.41. The van der Waals surface area contributed by atoms with Crippen molar-refractivity contribution in [2.75, 3.05) is 0 Å². The Morgan fingerprint density at radius 2 is 2.50 bits per heavy atom. The predicted molar refractivity (Wildman–Crippen MR) is 37.2 cm³/mol. The lowest BCUT2D eigenvalue weighted by Crippen LogP contribution is -2.36. The zero-order valence-corrected chi connectivity index (χ0v) is 5.33. The highest BCUT2D eigenvalue weighted by molar-refractivity contribution is 7.80. The number of nitrogens with one attached hydrogen (secondary N) is 2. The number of hydrogen-bond donors (Lipinski definition) is 3. The Labute approximate surface area is 53.1 Å². The smallest absolute Gasteiger partial charge is 0.201 e. The summed E-state index contributed by atoms with van der Waals surface area (Å²) >= 11 is 4.56. The van der Waals surface area contributed by atoms with E-state index >= 15 is 0 Å². The summed E-state index contributed by atoms with van der Waals surface area (Å²) in [5.74, 6) is 4.89. The van der Waals surface area contributed by atoms with Crippen LogP contribution in [0.15, 0.2) is 5.10 Å². The van der Waals surface area contributed by atoms with Crippen LogP contribution in [0.1, 0.15) is 6.92 Å². The van der Waals surface area contributed by atoms with Crippen molar-refractivity contribution in [1.29, 1.82) is 0 Å². The fourth-order valence-corrected chi connectivity index (χ4v) is 0.208. The summed E-state index contributed by atoms with van der Waals surface area (Å²) in [5.41, 5.74) is 4.65. The van der Waals surface area contributed by atoms with Gasteiger partial charge >= 0.3 is 0 Å². The van der Waals surface area contributed by atoms with E-state index in [1.165, 1.54) is 0 Å². The van der Waals surface area contributed by atoms with Crippen LogP contribution in [-0.4, -0.2) is 11.3 Å². The lowest BCUT2D eigenvalue weighted by molar-refractivity contribution is 0.929. The average Bonchev–Trinajstić information content (AvgIpc) is 1.83. The van der Waals surface area contributed by atoms with Gasteiger partial charge in [-0.25, -0.2) is 5.84 Å². The highest BCUT2D eigenvalue weighted by atomic mass is 32.1. The SMILES string of the molecule is CC=NNC(=S)NN. The molecule has 4 N–H and O–H groups in total. The molecule has 0 saturated carbocycles. The van der Waals surface area contributed by atoms with Crippen LogP contribution in [0.5, 0.6) is 0 Å². The van der Waals surface area contributed by atoms with Gasteiger partial charge < -0.3 is 0 Å². The molecule has 0 aromatic heterocycles. The van der Waals surface area contributed by atoms with Gasteiger partial charge in [-0.1, -0.05) is 0 Å². The number of hydrogen-bond acceptors (Lipinski definition) is 3. The quantitative estimate of drug-likeness (QED) is 0.192. The Kier molecular flexibility index (Phi) is 4.10. The molecule has 0 aromatic carbocycles. The first-order valence-electron chi connectivity index (χ1n) is 2.05. The number of nitrogens with zero attached hydrogens (tertiary/aromatic N) is 1. The molecule has 0 heterocycles. The van der Waals surface area contributed by atoms with Crippen molar-refractivity contribution in [3.05, 3.63) is 0 Å². The minimum atomic E-state index is 0.308. The van der Waals surface area contributed by atoms with Gasteiger partial charge in [-0.15, -0.1) is 0 Å². The first-order chi connectivity index (χ1) is 3.81. The van der Waals surface area contributed by atoms with Crippen molar-refractivity contribution in [3.8, 4) is 0 Å². The summed E-state index contributed by atoms with van der Waals surface area (Å²) < 4.78 is 0. The summed E-state index contributed by atoms with van der Waals surface area (Å²) in [4.78, 5) is 0. The first kappa shape index (κ1) is 7.32. The molecular weight excluding hydrogens is 124 g/mol. The summed E-state index contributed by atoms with van der Waals surface area (Å²) in [5, 5.41) is 3.89. The van der Waals surface area contributed by atoms with Crippen LogP contribution in [0.25, 0.3) is 0 Å². The molecule has 0 unspecified atom stereocenters. The average molecular weight is 132 g/mol. The standard InChI is InChI=1S/C3H8N4S/c1-2-5-7-3(8)6-4/h2H,4H2,1H3,(H2,6,7,8). The molecule has 0 bridgehead atoms. The van der Waals surface area contributed by atoms with Crippen molar-refractivity contribution in [2.45, 2.75) is 6.92 Å². The largest absolute Gasteiger partial charge is 0.300 e.